The molecule has 2 heterocycles. The number of benzene rings is 1. The topological polar surface area (TPSA) is 67.3 Å². The number of nitrogens with zero attached hydrogens (tertiary/aromatic N) is 2. The molecule has 1 atom stereocenters. The number of likely N-dealkylation sites (N-methyl/N-ethyl adjacent to an activating group) is 1. The quantitative estimate of drug-likeness (QED) is 0.792. The summed E-state index contributed by atoms with van der Waals surface area (Å²) < 4.78 is 5.67. The third-order valence-electron chi connectivity index (χ3n) is 3.40. The van der Waals surface area contributed by atoms with Crippen LogP contribution in [0.25, 0.3) is 11.1 Å². The van der Waals surface area contributed by atoms with Crippen molar-refractivity contribution < 1.29 is 4.42 Å². The number of hydrogen-bond acceptors (Lipinski definition) is 5. The number of fused-ring (bicyclic) bond motifs is 1. The van der Waals surface area contributed by atoms with Gasteiger partial charge in [-0.25, -0.2) is 0 Å². The van der Waals surface area contributed by atoms with Gasteiger partial charge in [-0.15, -0.1) is 0 Å². The van der Waals surface area contributed by atoms with Crippen LogP contribution in [0.4, 0.5) is 11.7 Å². The Kier molecular flexibility index (Phi) is 2.83. The van der Waals surface area contributed by atoms with Gasteiger partial charge in [0, 0.05) is 12.6 Å². The van der Waals surface area contributed by atoms with Crippen molar-refractivity contribution in [2.45, 2.75) is 18.9 Å². The first kappa shape index (κ1) is 11.3. The van der Waals surface area contributed by atoms with Crippen molar-refractivity contribution in [1.82, 2.24) is 9.88 Å². The average Bonchev–Trinajstić information content (AvgIpc) is 2.73. The van der Waals surface area contributed by atoms with Crippen LogP contribution in [0, 0.1) is 0 Å². The van der Waals surface area contributed by atoms with E-state index >= 15 is 0 Å². The Hall–Kier alpha value is -1.75. The highest BCUT2D eigenvalue weighted by Crippen LogP contribution is 2.24. The van der Waals surface area contributed by atoms with E-state index in [1.165, 1.54) is 13.0 Å². The van der Waals surface area contributed by atoms with Crippen molar-refractivity contribution in [2.24, 2.45) is 0 Å². The maximum absolute atomic E-state index is 5.87. The van der Waals surface area contributed by atoms with Gasteiger partial charge in [-0.05, 0) is 38.6 Å². The standard InChI is InChI=1S/C13H18N4O/c1-17-7-3-4-9(8-17)15-13-16-12-10(14)5-2-6-11(12)18-13/h2,5-6,9H,3-4,7-8,14H2,1H3,(H,15,16). The minimum absolute atomic E-state index is 0.401. The SMILES string of the molecule is CN1CCCC(Nc2nc3c(N)cccc3o2)C1. The molecule has 0 spiro atoms. The summed E-state index contributed by atoms with van der Waals surface area (Å²) in [5, 5.41) is 3.35. The molecule has 1 aromatic heterocycles. The summed E-state index contributed by atoms with van der Waals surface area (Å²) in [6.07, 6.45) is 2.36. The summed E-state index contributed by atoms with van der Waals surface area (Å²) in [6.45, 7) is 2.19. The molecule has 1 unspecified atom stereocenters. The van der Waals surface area contributed by atoms with Gasteiger partial charge in [-0.1, -0.05) is 6.07 Å². The molecule has 5 nitrogen and oxygen atoms in total. The predicted molar refractivity (Wildman–Crippen MR) is 72.6 cm³/mol. The van der Waals surface area contributed by atoms with E-state index in [9.17, 15) is 0 Å². The third-order valence-corrected chi connectivity index (χ3v) is 3.40. The fourth-order valence-corrected chi connectivity index (χ4v) is 2.49. The van der Waals surface area contributed by atoms with E-state index in [4.69, 9.17) is 10.2 Å². The fourth-order valence-electron chi connectivity index (χ4n) is 2.49. The molecule has 3 rings (SSSR count). The van der Waals surface area contributed by atoms with Gasteiger partial charge >= 0.3 is 0 Å². The first-order valence-corrected chi connectivity index (χ1v) is 6.32. The molecule has 0 amide bonds. The second-order valence-electron chi connectivity index (χ2n) is 4.96. The van der Waals surface area contributed by atoms with Gasteiger partial charge in [0.15, 0.2) is 5.58 Å². The van der Waals surface area contributed by atoms with E-state index in [0.717, 1.165) is 24.1 Å². The van der Waals surface area contributed by atoms with Gasteiger partial charge < -0.3 is 20.4 Å². The summed E-state index contributed by atoms with van der Waals surface area (Å²) in [5.41, 5.74) is 8.00. The Balaban J connectivity index is 1.80. The number of nitrogen functional groups attached to an aromatic ring is 1. The van der Waals surface area contributed by atoms with Crippen LogP contribution in [-0.2, 0) is 0 Å². The molecule has 0 saturated carbocycles. The molecular formula is C13H18N4O. The van der Waals surface area contributed by atoms with Gasteiger partial charge in [-0.3, -0.25) is 0 Å². The van der Waals surface area contributed by atoms with Crippen LogP contribution in [-0.4, -0.2) is 36.1 Å². The first-order valence-electron chi connectivity index (χ1n) is 6.32. The monoisotopic (exact) mass is 246 g/mol. The van der Waals surface area contributed by atoms with Crippen LogP contribution in [0.5, 0.6) is 0 Å². The third kappa shape index (κ3) is 2.13. The Labute approximate surface area is 106 Å². The van der Waals surface area contributed by atoms with Gasteiger partial charge in [0.25, 0.3) is 6.01 Å². The smallest absolute Gasteiger partial charge is 0.296 e. The Bertz CT molecular complexity index is 551. The van der Waals surface area contributed by atoms with Crippen molar-refractivity contribution in [2.75, 3.05) is 31.2 Å². The predicted octanol–water partition coefficient (Wildman–Crippen LogP) is 1.92. The normalized spacial score (nSPS) is 21.3. The summed E-state index contributed by atoms with van der Waals surface area (Å²) in [4.78, 5) is 6.73. The van der Waals surface area contributed by atoms with Crippen molar-refractivity contribution in [3.05, 3.63) is 18.2 Å². The van der Waals surface area contributed by atoms with Gasteiger partial charge in [0.1, 0.15) is 5.52 Å². The summed E-state index contributed by atoms with van der Waals surface area (Å²) in [5.74, 6) is 0. The molecule has 5 heteroatoms. The molecule has 1 saturated heterocycles. The van der Waals surface area contributed by atoms with Gasteiger partial charge in [0.2, 0.25) is 0 Å². The van der Waals surface area contributed by atoms with Crippen molar-refractivity contribution in [3.8, 4) is 0 Å². The molecule has 1 aromatic carbocycles. The average molecular weight is 246 g/mol. The number of rotatable bonds is 2. The highest BCUT2D eigenvalue weighted by Gasteiger charge is 2.19. The lowest BCUT2D eigenvalue weighted by molar-refractivity contribution is 0.259. The maximum atomic E-state index is 5.87. The van der Waals surface area contributed by atoms with Crippen LogP contribution in [0.2, 0.25) is 0 Å². The molecule has 0 radical (unpaired) electrons. The zero-order valence-electron chi connectivity index (χ0n) is 10.5. The van der Waals surface area contributed by atoms with Gasteiger partial charge in [-0.2, -0.15) is 4.98 Å². The maximum Gasteiger partial charge on any atom is 0.296 e. The van der Waals surface area contributed by atoms with E-state index in [-0.39, 0.29) is 0 Å². The summed E-state index contributed by atoms with van der Waals surface area (Å²) >= 11 is 0. The Morgan fingerprint density at radius 2 is 2.39 bits per heavy atom. The van der Waals surface area contributed by atoms with Crippen LogP contribution in [0.15, 0.2) is 22.6 Å². The number of nitrogens with one attached hydrogen (secondary N) is 1. The second-order valence-corrected chi connectivity index (χ2v) is 4.96. The molecule has 0 bridgehead atoms. The van der Waals surface area contributed by atoms with Crippen molar-refractivity contribution in [1.29, 1.82) is 0 Å². The van der Waals surface area contributed by atoms with E-state index in [0.29, 0.717) is 17.7 Å². The highest BCUT2D eigenvalue weighted by molar-refractivity contribution is 5.86. The number of aromatic nitrogens is 1. The van der Waals surface area contributed by atoms with Crippen LogP contribution < -0.4 is 11.1 Å². The first-order chi connectivity index (χ1) is 8.72. The number of piperidine rings is 1. The molecule has 1 fully saturated rings. The van der Waals surface area contributed by atoms with E-state index in [1.54, 1.807) is 0 Å². The van der Waals surface area contributed by atoms with Crippen LogP contribution in [0.1, 0.15) is 12.8 Å². The van der Waals surface area contributed by atoms with Crippen LogP contribution >= 0.6 is 0 Å². The van der Waals surface area contributed by atoms with E-state index in [2.05, 4.69) is 22.2 Å². The largest absolute Gasteiger partial charge is 0.423 e. The number of anilines is 2. The summed E-state index contributed by atoms with van der Waals surface area (Å²) in [6, 6.07) is 6.57. The highest BCUT2D eigenvalue weighted by atomic mass is 16.4. The minimum Gasteiger partial charge on any atom is -0.423 e. The van der Waals surface area contributed by atoms with E-state index < -0.39 is 0 Å². The zero-order chi connectivity index (χ0) is 12.5. The summed E-state index contributed by atoms with van der Waals surface area (Å²) in [7, 11) is 2.14. The molecule has 2 aromatic rings. The zero-order valence-corrected chi connectivity index (χ0v) is 10.5. The lowest BCUT2D eigenvalue weighted by atomic mass is 10.1. The molecular weight excluding hydrogens is 228 g/mol. The number of oxazole rings is 1. The Morgan fingerprint density at radius 3 is 3.17 bits per heavy atom. The van der Waals surface area contributed by atoms with Gasteiger partial charge in [0.05, 0.1) is 5.69 Å². The number of para-hydroxylation sites is 1. The minimum atomic E-state index is 0.401. The second kappa shape index (κ2) is 4.49. The lowest BCUT2D eigenvalue weighted by Crippen LogP contribution is -2.39. The van der Waals surface area contributed by atoms with Crippen molar-refractivity contribution >= 4 is 22.8 Å². The molecule has 18 heavy (non-hydrogen) atoms. The van der Waals surface area contributed by atoms with Crippen LogP contribution in [0.3, 0.4) is 0 Å². The Morgan fingerprint density at radius 1 is 1.50 bits per heavy atom. The number of hydrogen-bond donors (Lipinski definition) is 2. The van der Waals surface area contributed by atoms with Crippen molar-refractivity contribution in [3.63, 3.8) is 0 Å². The fraction of sp³-hybridized carbons (Fsp3) is 0.462. The molecule has 3 N–H and O–H groups in total. The molecule has 0 aliphatic carbocycles. The lowest BCUT2D eigenvalue weighted by Gasteiger charge is -2.29. The molecule has 1 aliphatic heterocycles. The molecule has 96 valence electrons. The molecule has 1 aliphatic rings. The number of likely N-dealkylation sites (tertiary alicyclic amines) is 1. The number of nitrogens with two attached hydrogens (primary N) is 1. The van der Waals surface area contributed by atoms with E-state index in [1.807, 2.05) is 18.2 Å².